The van der Waals surface area contributed by atoms with Gasteiger partial charge in [0.05, 0.1) is 31.2 Å². The number of carbonyl (C=O) groups excluding carboxylic acids is 1. The van der Waals surface area contributed by atoms with Gasteiger partial charge in [-0.25, -0.2) is 4.98 Å². The van der Waals surface area contributed by atoms with Gasteiger partial charge in [0.15, 0.2) is 0 Å². The summed E-state index contributed by atoms with van der Waals surface area (Å²) in [5, 5.41) is 4.32. The van der Waals surface area contributed by atoms with Crippen molar-refractivity contribution in [2.24, 2.45) is 5.92 Å². The lowest BCUT2D eigenvalue weighted by Gasteiger charge is -2.29. The SMILES string of the molecule is O=C(c1cc(=O)[nH]cn1)N1Cc2ccnn2CCC1COCC1CC1. The average molecular weight is 343 g/mol. The second-order valence-corrected chi connectivity index (χ2v) is 6.70. The number of hydrogen-bond acceptors (Lipinski definition) is 5. The zero-order chi connectivity index (χ0) is 17.2. The van der Waals surface area contributed by atoms with Crippen LogP contribution in [0, 0.1) is 5.92 Å². The van der Waals surface area contributed by atoms with E-state index in [0.29, 0.717) is 19.1 Å². The number of aromatic amines is 1. The number of ether oxygens (including phenoxy) is 1. The molecule has 1 fully saturated rings. The van der Waals surface area contributed by atoms with E-state index in [0.717, 1.165) is 25.3 Å². The lowest BCUT2D eigenvalue weighted by atomic mass is 10.1. The van der Waals surface area contributed by atoms with E-state index in [4.69, 9.17) is 4.74 Å². The van der Waals surface area contributed by atoms with Crippen LogP contribution in [0.3, 0.4) is 0 Å². The van der Waals surface area contributed by atoms with Crippen LogP contribution in [0.5, 0.6) is 0 Å². The van der Waals surface area contributed by atoms with Crippen molar-refractivity contribution < 1.29 is 9.53 Å². The maximum absolute atomic E-state index is 13.0. The quantitative estimate of drug-likeness (QED) is 0.867. The number of aryl methyl sites for hydroxylation is 1. The topological polar surface area (TPSA) is 93.1 Å². The monoisotopic (exact) mass is 343 g/mol. The minimum absolute atomic E-state index is 0.0611. The molecule has 8 nitrogen and oxygen atoms in total. The second kappa shape index (κ2) is 6.79. The maximum Gasteiger partial charge on any atom is 0.273 e. The van der Waals surface area contributed by atoms with E-state index < -0.39 is 0 Å². The van der Waals surface area contributed by atoms with Gasteiger partial charge in [0.1, 0.15) is 5.69 Å². The number of rotatable bonds is 5. The number of nitrogens with zero attached hydrogens (tertiary/aromatic N) is 4. The Morgan fingerprint density at radius 3 is 3.00 bits per heavy atom. The number of aromatic nitrogens is 4. The van der Waals surface area contributed by atoms with Crippen molar-refractivity contribution in [3.8, 4) is 0 Å². The van der Waals surface area contributed by atoms with E-state index in [-0.39, 0.29) is 23.2 Å². The van der Waals surface area contributed by atoms with Crippen molar-refractivity contribution in [2.75, 3.05) is 13.2 Å². The van der Waals surface area contributed by atoms with Crippen LogP contribution in [0.25, 0.3) is 0 Å². The third kappa shape index (κ3) is 3.63. The predicted molar refractivity (Wildman–Crippen MR) is 88.9 cm³/mol. The zero-order valence-corrected chi connectivity index (χ0v) is 13.9. The Morgan fingerprint density at radius 2 is 2.20 bits per heavy atom. The molecule has 25 heavy (non-hydrogen) atoms. The highest BCUT2D eigenvalue weighted by molar-refractivity contribution is 5.92. The molecule has 0 radical (unpaired) electrons. The molecular weight excluding hydrogens is 322 g/mol. The van der Waals surface area contributed by atoms with Crippen LogP contribution in [0.4, 0.5) is 0 Å². The Bertz CT molecular complexity index is 810. The Labute approximate surface area is 144 Å². The van der Waals surface area contributed by atoms with Crippen molar-refractivity contribution >= 4 is 5.91 Å². The molecule has 1 saturated carbocycles. The van der Waals surface area contributed by atoms with Crippen LogP contribution >= 0.6 is 0 Å². The summed E-state index contributed by atoms with van der Waals surface area (Å²) >= 11 is 0. The Kier molecular flexibility index (Phi) is 4.35. The molecule has 2 aromatic heterocycles. The van der Waals surface area contributed by atoms with Crippen LogP contribution in [-0.4, -0.2) is 49.8 Å². The van der Waals surface area contributed by atoms with Gasteiger partial charge >= 0.3 is 0 Å². The molecule has 132 valence electrons. The fourth-order valence-corrected chi connectivity index (χ4v) is 3.13. The van der Waals surface area contributed by atoms with Crippen LogP contribution in [0.2, 0.25) is 0 Å². The first-order valence-corrected chi connectivity index (χ1v) is 8.65. The summed E-state index contributed by atoms with van der Waals surface area (Å²) in [6.07, 6.45) is 6.23. The number of amides is 1. The molecular formula is C17H21N5O3. The minimum atomic E-state index is -0.334. The molecule has 1 N–H and O–H groups in total. The van der Waals surface area contributed by atoms with Gasteiger partial charge in [-0.15, -0.1) is 0 Å². The third-order valence-corrected chi connectivity index (χ3v) is 4.77. The zero-order valence-electron chi connectivity index (χ0n) is 13.9. The first kappa shape index (κ1) is 16.0. The second-order valence-electron chi connectivity index (χ2n) is 6.70. The molecule has 0 aromatic carbocycles. The molecule has 2 aromatic rings. The highest BCUT2D eigenvalue weighted by Gasteiger charge is 2.30. The summed E-state index contributed by atoms with van der Waals surface area (Å²) in [6, 6.07) is 3.10. The van der Waals surface area contributed by atoms with Crippen LogP contribution in [0.15, 0.2) is 29.5 Å². The van der Waals surface area contributed by atoms with Crippen molar-refractivity contribution in [1.29, 1.82) is 0 Å². The first-order chi connectivity index (χ1) is 12.2. The van der Waals surface area contributed by atoms with Gasteiger partial charge in [-0.05, 0) is 31.2 Å². The van der Waals surface area contributed by atoms with Gasteiger partial charge in [0.25, 0.3) is 11.5 Å². The summed E-state index contributed by atoms with van der Waals surface area (Å²) in [4.78, 5) is 32.7. The molecule has 3 heterocycles. The van der Waals surface area contributed by atoms with Crippen molar-refractivity contribution in [3.05, 3.63) is 46.4 Å². The summed E-state index contributed by atoms with van der Waals surface area (Å²) in [6.45, 7) is 2.43. The number of carbonyl (C=O) groups is 1. The molecule has 1 amide bonds. The van der Waals surface area contributed by atoms with E-state index >= 15 is 0 Å². The number of fused-ring (bicyclic) bond motifs is 1. The molecule has 0 spiro atoms. The minimum Gasteiger partial charge on any atom is -0.379 e. The molecule has 2 aliphatic rings. The van der Waals surface area contributed by atoms with E-state index in [1.54, 1.807) is 11.1 Å². The Balaban J connectivity index is 1.55. The van der Waals surface area contributed by atoms with Gasteiger partial charge in [-0.2, -0.15) is 5.10 Å². The molecule has 0 bridgehead atoms. The van der Waals surface area contributed by atoms with Gasteiger partial charge < -0.3 is 14.6 Å². The molecule has 8 heteroatoms. The lowest BCUT2D eigenvalue weighted by Crippen LogP contribution is -2.42. The molecule has 1 aliphatic heterocycles. The van der Waals surface area contributed by atoms with Crippen molar-refractivity contribution in [3.63, 3.8) is 0 Å². The standard InChI is InChI=1S/C17H21N5O3/c23-16-7-15(18-11-19-16)17(24)21-8-13-3-5-20-22(13)6-4-14(21)10-25-9-12-1-2-12/h3,5,7,11-12,14H,1-2,4,6,8-10H2,(H,18,19,23). The molecule has 1 unspecified atom stereocenters. The van der Waals surface area contributed by atoms with E-state index in [1.807, 2.05) is 10.7 Å². The summed E-state index contributed by atoms with van der Waals surface area (Å²) in [7, 11) is 0. The lowest BCUT2D eigenvalue weighted by molar-refractivity contribution is 0.0366. The fraction of sp³-hybridized carbons (Fsp3) is 0.529. The summed E-state index contributed by atoms with van der Waals surface area (Å²) in [5.41, 5.74) is 0.798. The number of H-pyrrole nitrogens is 1. The van der Waals surface area contributed by atoms with Gasteiger partial charge in [0.2, 0.25) is 0 Å². The van der Waals surface area contributed by atoms with E-state index in [9.17, 15) is 9.59 Å². The van der Waals surface area contributed by atoms with Gasteiger partial charge in [-0.3, -0.25) is 14.3 Å². The van der Waals surface area contributed by atoms with E-state index in [1.165, 1.54) is 25.2 Å². The van der Waals surface area contributed by atoms with Gasteiger partial charge in [-0.1, -0.05) is 0 Å². The highest BCUT2D eigenvalue weighted by atomic mass is 16.5. The van der Waals surface area contributed by atoms with Crippen LogP contribution in [-0.2, 0) is 17.8 Å². The Hall–Kier alpha value is -2.48. The van der Waals surface area contributed by atoms with Crippen molar-refractivity contribution in [2.45, 2.75) is 38.4 Å². The molecule has 1 atom stereocenters. The molecule has 4 rings (SSSR count). The summed E-state index contributed by atoms with van der Waals surface area (Å²) in [5.74, 6) is 0.431. The first-order valence-electron chi connectivity index (χ1n) is 8.65. The number of nitrogens with one attached hydrogen (secondary N) is 1. The normalized spacial score (nSPS) is 20.2. The third-order valence-electron chi connectivity index (χ3n) is 4.77. The average Bonchev–Trinajstić information content (AvgIpc) is 3.36. The highest BCUT2D eigenvalue weighted by Crippen LogP contribution is 2.29. The smallest absolute Gasteiger partial charge is 0.273 e. The summed E-state index contributed by atoms with van der Waals surface area (Å²) < 4.78 is 7.78. The van der Waals surface area contributed by atoms with E-state index in [2.05, 4.69) is 15.1 Å². The Morgan fingerprint density at radius 1 is 1.32 bits per heavy atom. The fourth-order valence-electron chi connectivity index (χ4n) is 3.13. The molecule has 1 aliphatic carbocycles. The molecule has 0 saturated heterocycles. The maximum atomic E-state index is 13.0. The van der Waals surface area contributed by atoms with Gasteiger partial charge in [0, 0.05) is 25.4 Å². The van der Waals surface area contributed by atoms with Crippen molar-refractivity contribution in [1.82, 2.24) is 24.6 Å². The predicted octanol–water partition coefficient (Wildman–Crippen LogP) is 0.808. The van der Waals surface area contributed by atoms with Crippen LogP contribution < -0.4 is 5.56 Å². The largest absolute Gasteiger partial charge is 0.379 e. The van der Waals surface area contributed by atoms with Crippen LogP contribution in [0.1, 0.15) is 35.4 Å². The number of hydrogen-bond donors (Lipinski definition) is 1.